The van der Waals surface area contributed by atoms with Crippen molar-refractivity contribution in [2.75, 3.05) is 26.2 Å². The minimum atomic E-state index is 0. The maximum Gasteiger partial charge on any atom is 0.228 e. The number of likely N-dealkylation sites (tertiary alicyclic amines) is 1. The average molecular weight is 341 g/mol. The summed E-state index contributed by atoms with van der Waals surface area (Å²) >= 11 is 1.60. The molecule has 0 radical (unpaired) electrons. The van der Waals surface area contributed by atoms with Crippen molar-refractivity contribution in [3.8, 4) is 0 Å². The van der Waals surface area contributed by atoms with Gasteiger partial charge in [-0.15, -0.1) is 23.7 Å². The minimum Gasteiger partial charge on any atom is -0.342 e. The molecule has 2 aliphatic rings. The van der Waals surface area contributed by atoms with Crippen molar-refractivity contribution in [1.82, 2.24) is 19.6 Å². The highest BCUT2D eigenvalue weighted by molar-refractivity contribution is 7.15. The Morgan fingerprint density at radius 2 is 2.18 bits per heavy atom. The molecule has 4 heterocycles. The van der Waals surface area contributed by atoms with Gasteiger partial charge in [0, 0.05) is 37.4 Å². The first-order chi connectivity index (χ1) is 10.2. The van der Waals surface area contributed by atoms with Gasteiger partial charge in [0.2, 0.25) is 5.91 Å². The van der Waals surface area contributed by atoms with Crippen molar-refractivity contribution in [1.29, 1.82) is 0 Å². The lowest BCUT2D eigenvalue weighted by Gasteiger charge is -2.38. The fraction of sp³-hybridized carbons (Fsp3) is 0.600. The number of halogens is 1. The molecule has 0 saturated carbocycles. The highest BCUT2D eigenvalue weighted by atomic mass is 35.5. The van der Waals surface area contributed by atoms with E-state index in [0.29, 0.717) is 11.8 Å². The van der Waals surface area contributed by atoms with E-state index in [2.05, 4.69) is 10.3 Å². The van der Waals surface area contributed by atoms with E-state index in [4.69, 9.17) is 0 Å². The monoisotopic (exact) mass is 340 g/mol. The van der Waals surface area contributed by atoms with E-state index in [1.165, 1.54) is 6.42 Å². The number of hydrogen-bond donors (Lipinski definition) is 1. The molecular weight excluding hydrogens is 320 g/mol. The molecule has 7 heteroatoms. The molecule has 0 aromatic carbocycles. The van der Waals surface area contributed by atoms with Gasteiger partial charge in [0.05, 0.1) is 12.1 Å². The Morgan fingerprint density at radius 3 is 2.86 bits per heavy atom. The predicted octanol–water partition coefficient (Wildman–Crippen LogP) is 1.96. The molecule has 120 valence electrons. The van der Waals surface area contributed by atoms with Crippen molar-refractivity contribution in [2.24, 2.45) is 5.41 Å². The van der Waals surface area contributed by atoms with Crippen LogP contribution in [-0.2, 0) is 11.2 Å². The number of thiazole rings is 1. The van der Waals surface area contributed by atoms with Gasteiger partial charge in [-0.25, -0.2) is 4.98 Å². The van der Waals surface area contributed by atoms with E-state index in [1.54, 1.807) is 11.3 Å². The van der Waals surface area contributed by atoms with Gasteiger partial charge in [-0.3, -0.25) is 9.20 Å². The van der Waals surface area contributed by atoms with Gasteiger partial charge < -0.3 is 10.2 Å². The van der Waals surface area contributed by atoms with Crippen molar-refractivity contribution < 1.29 is 4.79 Å². The lowest BCUT2D eigenvalue weighted by atomic mass is 9.78. The lowest BCUT2D eigenvalue weighted by molar-refractivity contribution is -0.132. The maximum absolute atomic E-state index is 12.4. The third-order valence-electron chi connectivity index (χ3n) is 4.98. The molecule has 1 N–H and O–H groups in total. The maximum atomic E-state index is 12.4. The van der Waals surface area contributed by atoms with Crippen LogP contribution in [0.3, 0.4) is 0 Å². The predicted molar refractivity (Wildman–Crippen MR) is 89.8 cm³/mol. The number of carbonyl (C=O) groups excluding carboxylic acids is 1. The summed E-state index contributed by atoms with van der Waals surface area (Å²) in [6.07, 6.45) is 7.94. The highest BCUT2D eigenvalue weighted by Gasteiger charge is 2.37. The van der Waals surface area contributed by atoms with E-state index in [9.17, 15) is 4.79 Å². The molecule has 0 bridgehead atoms. The molecule has 4 rings (SSSR count). The second-order valence-corrected chi connectivity index (χ2v) is 7.18. The largest absolute Gasteiger partial charge is 0.342 e. The molecular formula is C15H21ClN4OS. The third-order valence-corrected chi connectivity index (χ3v) is 5.76. The zero-order valence-electron chi connectivity index (χ0n) is 12.5. The van der Waals surface area contributed by atoms with Crippen LogP contribution in [0.15, 0.2) is 17.8 Å². The van der Waals surface area contributed by atoms with Crippen LogP contribution in [0.1, 0.15) is 25.0 Å². The number of amides is 1. The summed E-state index contributed by atoms with van der Waals surface area (Å²) in [6, 6.07) is 0. The Morgan fingerprint density at radius 1 is 1.36 bits per heavy atom. The fourth-order valence-corrected chi connectivity index (χ4v) is 4.30. The first kappa shape index (κ1) is 15.8. The zero-order valence-corrected chi connectivity index (χ0v) is 14.1. The number of rotatable bonds is 2. The van der Waals surface area contributed by atoms with Gasteiger partial charge in [0.1, 0.15) is 0 Å². The Bertz CT molecular complexity index is 623. The van der Waals surface area contributed by atoms with Crippen LogP contribution < -0.4 is 5.32 Å². The van der Waals surface area contributed by atoms with Crippen LogP contribution in [0.4, 0.5) is 0 Å². The molecule has 2 aromatic rings. The first-order valence-corrected chi connectivity index (χ1v) is 8.52. The number of carbonyl (C=O) groups is 1. The zero-order chi connectivity index (χ0) is 14.3. The SMILES string of the molecule is Cl.O=C(Cc1cn2ccsc2n1)N1CCC2(CCNC2)CC1. The van der Waals surface area contributed by atoms with Crippen molar-refractivity contribution in [2.45, 2.75) is 25.7 Å². The smallest absolute Gasteiger partial charge is 0.228 e. The normalized spacial score (nSPS) is 20.5. The van der Waals surface area contributed by atoms with Crippen molar-refractivity contribution in [3.05, 3.63) is 23.5 Å². The minimum absolute atomic E-state index is 0. The number of piperidine rings is 1. The number of nitrogens with zero attached hydrogens (tertiary/aromatic N) is 3. The van der Waals surface area contributed by atoms with Crippen molar-refractivity contribution >= 4 is 34.6 Å². The lowest BCUT2D eigenvalue weighted by Crippen LogP contribution is -2.44. The topological polar surface area (TPSA) is 49.6 Å². The number of aromatic nitrogens is 2. The van der Waals surface area contributed by atoms with E-state index in [1.807, 2.05) is 27.1 Å². The van der Waals surface area contributed by atoms with Gasteiger partial charge >= 0.3 is 0 Å². The van der Waals surface area contributed by atoms with Crippen LogP contribution in [0, 0.1) is 5.41 Å². The Kier molecular flexibility index (Phi) is 4.43. The molecule has 1 spiro atoms. The first-order valence-electron chi connectivity index (χ1n) is 7.64. The van der Waals surface area contributed by atoms with Gasteiger partial charge in [-0.1, -0.05) is 0 Å². The number of nitrogens with one attached hydrogen (secondary N) is 1. The summed E-state index contributed by atoms with van der Waals surface area (Å²) < 4.78 is 1.99. The van der Waals surface area contributed by atoms with E-state index < -0.39 is 0 Å². The van der Waals surface area contributed by atoms with Crippen LogP contribution >= 0.6 is 23.7 Å². The summed E-state index contributed by atoms with van der Waals surface area (Å²) in [7, 11) is 0. The second kappa shape index (κ2) is 6.18. The summed E-state index contributed by atoms with van der Waals surface area (Å²) in [5.74, 6) is 0.224. The van der Waals surface area contributed by atoms with Crippen LogP contribution in [-0.4, -0.2) is 46.4 Å². The van der Waals surface area contributed by atoms with Crippen LogP contribution in [0.5, 0.6) is 0 Å². The summed E-state index contributed by atoms with van der Waals surface area (Å²) in [5, 5.41) is 5.47. The summed E-state index contributed by atoms with van der Waals surface area (Å²) in [6.45, 7) is 4.08. The highest BCUT2D eigenvalue weighted by Crippen LogP contribution is 2.36. The molecule has 2 aliphatic heterocycles. The van der Waals surface area contributed by atoms with Crippen LogP contribution in [0.2, 0.25) is 0 Å². The van der Waals surface area contributed by atoms with Gasteiger partial charge in [0.25, 0.3) is 0 Å². The molecule has 2 saturated heterocycles. The molecule has 5 nitrogen and oxygen atoms in total. The molecule has 0 aliphatic carbocycles. The second-order valence-electron chi connectivity index (χ2n) is 6.31. The van der Waals surface area contributed by atoms with Gasteiger partial charge in [-0.05, 0) is 31.2 Å². The average Bonchev–Trinajstić information content (AvgIpc) is 3.16. The Hall–Kier alpha value is -1.11. The molecule has 2 fully saturated rings. The molecule has 2 aromatic heterocycles. The number of hydrogen-bond acceptors (Lipinski definition) is 4. The summed E-state index contributed by atoms with van der Waals surface area (Å²) in [4.78, 5) is 19.9. The molecule has 1 amide bonds. The Labute approximate surface area is 140 Å². The van der Waals surface area contributed by atoms with Crippen LogP contribution in [0.25, 0.3) is 4.96 Å². The number of fused-ring (bicyclic) bond motifs is 1. The van der Waals surface area contributed by atoms with E-state index in [-0.39, 0.29) is 18.3 Å². The Balaban J connectivity index is 0.00000144. The van der Waals surface area contributed by atoms with E-state index >= 15 is 0 Å². The molecule has 0 atom stereocenters. The molecule has 22 heavy (non-hydrogen) atoms. The summed E-state index contributed by atoms with van der Waals surface area (Å²) in [5.41, 5.74) is 1.35. The van der Waals surface area contributed by atoms with Crippen molar-refractivity contribution in [3.63, 3.8) is 0 Å². The van der Waals surface area contributed by atoms with Gasteiger partial charge in [-0.2, -0.15) is 0 Å². The fourth-order valence-electron chi connectivity index (χ4n) is 3.58. The third kappa shape index (κ3) is 2.87. The number of imidazole rings is 1. The van der Waals surface area contributed by atoms with Gasteiger partial charge in [0.15, 0.2) is 4.96 Å². The molecule has 0 unspecified atom stereocenters. The van der Waals surface area contributed by atoms with E-state index in [0.717, 1.165) is 49.7 Å². The quantitative estimate of drug-likeness (QED) is 0.909. The standard InChI is InChI=1S/C15H20N4OS.ClH/c20-13(9-12-10-19-7-8-21-14(19)17-12)18-5-2-15(3-6-18)1-4-16-11-15;/h7-8,10,16H,1-6,9,11H2;1H.